The molecular formula is C15H25N. The molecule has 4 rings (SSSR count). The van der Waals surface area contributed by atoms with Crippen LogP contribution in [0.1, 0.15) is 51.9 Å². The number of hydrogen-bond acceptors (Lipinski definition) is 1. The molecule has 0 aromatic heterocycles. The smallest absolute Gasteiger partial charge is 0.0228 e. The van der Waals surface area contributed by atoms with Crippen LogP contribution in [-0.4, -0.2) is 6.04 Å². The van der Waals surface area contributed by atoms with Gasteiger partial charge in [-0.05, 0) is 75.0 Å². The Hall–Kier alpha value is -0.300. The van der Waals surface area contributed by atoms with Crippen molar-refractivity contribution in [1.29, 1.82) is 0 Å². The van der Waals surface area contributed by atoms with Crippen molar-refractivity contribution in [2.45, 2.75) is 57.9 Å². The quantitative estimate of drug-likeness (QED) is 0.722. The molecule has 0 aromatic carbocycles. The highest BCUT2D eigenvalue weighted by atomic mass is 14.7. The van der Waals surface area contributed by atoms with Gasteiger partial charge in [-0.25, -0.2) is 0 Å². The van der Waals surface area contributed by atoms with Gasteiger partial charge in [0.2, 0.25) is 0 Å². The van der Waals surface area contributed by atoms with Crippen molar-refractivity contribution < 1.29 is 0 Å². The van der Waals surface area contributed by atoms with E-state index in [0.29, 0.717) is 11.5 Å². The van der Waals surface area contributed by atoms with Crippen LogP contribution in [0, 0.1) is 23.2 Å². The molecule has 4 aliphatic carbocycles. The van der Waals surface area contributed by atoms with E-state index in [1.54, 1.807) is 0 Å². The average molecular weight is 219 g/mol. The Morgan fingerprint density at radius 1 is 1.12 bits per heavy atom. The van der Waals surface area contributed by atoms with Crippen LogP contribution in [0.3, 0.4) is 0 Å². The molecule has 0 aromatic rings. The average Bonchev–Trinajstić information content (AvgIpc) is 2.13. The summed E-state index contributed by atoms with van der Waals surface area (Å²) >= 11 is 0. The number of nitrogens with two attached hydrogens (primary N) is 1. The zero-order chi connectivity index (χ0) is 11.2. The summed E-state index contributed by atoms with van der Waals surface area (Å²) in [5.74, 6) is 3.18. The zero-order valence-electron chi connectivity index (χ0n) is 10.5. The van der Waals surface area contributed by atoms with Gasteiger partial charge in [-0.2, -0.15) is 0 Å². The molecule has 16 heavy (non-hydrogen) atoms. The molecule has 0 amide bonds. The van der Waals surface area contributed by atoms with Gasteiger partial charge in [0.15, 0.2) is 0 Å². The molecule has 0 spiro atoms. The highest BCUT2D eigenvalue weighted by molar-refractivity contribution is 5.04. The van der Waals surface area contributed by atoms with Crippen molar-refractivity contribution >= 4 is 0 Å². The molecule has 1 unspecified atom stereocenters. The molecule has 0 saturated heterocycles. The highest BCUT2D eigenvalue weighted by Crippen LogP contribution is 2.61. The lowest BCUT2D eigenvalue weighted by Crippen LogP contribution is -2.48. The molecule has 0 radical (unpaired) electrons. The van der Waals surface area contributed by atoms with Crippen LogP contribution in [-0.2, 0) is 0 Å². The van der Waals surface area contributed by atoms with E-state index in [4.69, 9.17) is 5.73 Å². The molecule has 1 atom stereocenters. The van der Waals surface area contributed by atoms with E-state index < -0.39 is 0 Å². The van der Waals surface area contributed by atoms with E-state index >= 15 is 0 Å². The molecule has 4 fully saturated rings. The van der Waals surface area contributed by atoms with Gasteiger partial charge in [-0.1, -0.05) is 12.2 Å². The maximum atomic E-state index is 6.22. The third-order valence-corrected chi connectivity index (χ3v) is 5.27. The lowest BCUT2D eigenvalue weighted by Gasteiger charge is -2.57. The normalized spacial score (nSPS) is 47.8. The molecule has 4 bridgehead atoms. The second kappa shape index (κ2) is 3.87. The maximum absolute atomic E-state index is 6.22. The first kappa shape index (κ1) is 10.8. The van der Waals surface area contributed by atoms with Gasteiger partial charge in [0.05, 0.1) is 0 Å². The summed E-state index contributed by atoms with van der Waals surface area (Å²) in [6.07, 6.45) is 14.7. The number of allylic oxidation sites excluding steroid dienone is 1. The zero-order valence-corrected chi connectivity index (χ0v) is 10.5. The Labute approximate surface area is 99.5 Å². The van der Waals surface area contributed by atoms with E-state index in [0.717, 1.165) is 17.8 Å². The Morgan fingerprint density at radius 3 is 2.06 bits per heavy atom. The van der Waals surface area contributed by atoms with Crippen LogP contribution in [0.25, 0.3) is 0 Å². The van der Waals surface area contributed by atoms with Gasteiger partial charge in [0, 0.05) is 6.04 Å². The van der Waals surface area contributed by atoms with Gasteiger partial charge in [0.1, 0.15) is 0 Å². The van der Waals surface area contributed by atoms with Crippen LogP contribution in [0.5, 0.6) is 0 Å². The van der Waals surface area contributed by atoms with Gasteiger partial charge < -0.3 is 5.73 Å². The summed E-state index contributed by atoms with van der Waals surface area (Å²) in [6, 6.07) is 0.307. The summed E-state index contributed by atoms with van der Waals surface area (Å²) in [7, 11) is 0. The third-order valence-electron chi connectivity index (χ3n) is 5.27. The van der Waals surface area contributed by atoms with Gasteiger partial charge in [-0.15, -0.1) is 0 Å². The Balaban J connectivity index is 1.73. The predicted octanol–water partition coefficient (Wildman–Crippen LogP) is 3.50. The molecular weight excluding hydrogens is 194 g/mol. The number of hydrogen-bond donors (Lipinski definition) is 1. The molecule has 1 heteroatoms. The Kier molecular flexibility index (Phi) is 2.62. The van der Waals surface area contributed by atoms with Crippen LogP contribution in [0.15, 0.2) is 12.2 Å². The maximum Gasteiger partial charge on any atom is 0.0228 e. The summed E-state index contributed by atoms with van der Waals surface area (Å²) in [5, 5.41) is 0. The fourth-order valence-electron chi connectivity index (χ4n) is 5.36. The first-order valence-electron chi connectivity index (χ1n) is 7.07. The first-order chi connectivity index (χ1) is 7.69. The predicted molar refractivity (Wildman–Crippen MR) is 68.0 cm³/mol. The fourth-order valence-corrected chi connectivity index (χ4v) is 5.36. The van der Waals surface area contributed by atoms with Crippen LogP contribution < -0.4 is 5.73 Å². The minimum atomic E-state index is 0.307. The largest absolute Gasteiger partial charge is 0.324 e. The molecule has 0 aliphatic heterocycles. The summed E-state index contributed by atoms with van der Waals surface area (Å²) in [6.45, 7) is 2.08. The molecule has 4 saturated carbocycles. The van der Waals surface area contributed by atoms with Crippen LogP contribution in [0.4, 0.5) is 0 Å². The Morgan fingerprint density at radius 2 is 1.62 bits per heavy atom. The minimum Gasteiger partial charge on any atom is -0.324 e. The number of rotatable bonds is 3. The molecule has 0 heterocycles. The fraction of sp³-hybridized carbons (Fsp3) is 0.867. The van der Waals surface area contributed by atoms with Crippen molar-refractivity contribution in [3.63, 3.8) is 0 Å². The molecule has 90 valence electrons. The molecule has 2 N–H and O–H groups in total. The second-order valence-electron chi connectivity index (χ2n) is 6.81. The highest BCUT2D eigenvalue weighted by Gasteiger charge is 2.50. The monoisotopic (exact) mass is 219 g/mol. The minimum absolute atomic E-state index is 0.307. The van der Waals surface area contributed by atoms with Gasteiger partial charge in [0.25, 0.3) is 0 Å². The van der Waals surface area contributed by atoms with Crippen molar-refractivity contribution in [2.24, 2.45) is 28.9 Å². The lowest BCUT2D eigenvalue weighted by molar-refractivity contribution is -0.0584. The van der Waals surface area contributed by atoms with E-state index in [1.807, 2.05) is 0 Å². The third kappa shape index (κ3) is 1.84. The van der Waals surface area contributed by atoms with Crippen molar-refractivity contribution in [3.05, 3.63) is 12.2 Å². The topological polar surface area (TPSA) is 26.0 Å². The Bertz CT molecular complexity index is 257. The van der Waals surface area contributed by atoms with E-state index in [9.17, 15) is 0 Å². The standard InChI is InChI=1S/C15H25N/c1-2-3-14(16)10-15-7-11-4-12(8-15)6-13(5-11)9-15/h2-3,11-14H,4-10,16H2,1H3/b3-2-. The SMILES string of the molecule is C/C=C\C(N)CC12CC3CC(CC(C3)C1)C2. The lowest BCUT2D eigenvalue weighted by atomic mass is 9.48. The summed E-state index contributed by atoms with van der Waals surface area (Å²) in [4.78, 5) is 0. The molecule has 4 aliphatic rings. The summed E-state index contributed by atoms with van der Waals surface area (Å²) in [5.41, 5.74) is 6.87. The molecule has 1 nitrogen and oxygen atoms in total. The van der Waals surface area contributed by atoms with Crippen molar-refractivity contribution in [3.8, 4) is 0 Å². The van der Waals surface area contributed by atoms with Crippen molar-refractivity contribution in [1.82, 2.24) is 0 Å². The summed E-state index contributed by atoms with van der Waals surface area (Å²) < 4.78 is 0. The van der Waals surface area contributed by atoms with E-state index in [2.05, 4.69) is 19.1 Å². The van der Waals surface area contributed by atoms with Crippen LogP contribution >= 0.6 is 0 Å². The first-order valence-corrected chi connectivity index (χ1v) is 7.07. The van der Waals surface area contributed by atoms with Gasteiger partial charge in [-0.3, -0.25) is 0 Å². The van der Waals surface area contributed by atoms with E-state index in [-0.39, 0.29) is 0 Å². The second-order valence-corrected chi connectivity index (χ2v) is 6.81. The van der Waals surface area contributed by atoms with Gasteiger partial charge >= 0.3 is 0 Å². The van der Waals surface area contributed by atoms with E-state index in [1.165, 1.54) is 44.9 Å². The van der Waals surface area contributed by atoms with Crippen LogP contribution in [0.2, 0.25) is 0 Å². The van der Waals surface area contributed by atoms with Crippen molar-refractivity contribution in [2.75, 3.05) is 0 Å².